The molecule has 1 aromatic carbocycles. The summed E-state index contributed by atoms with van der Waals surface area (Å²) in [6.07, 6.45) is 11.9. The third-order valence-corrected chi connectivity index (χ3v) is 4.95. The molecule has 0 unspecified atom stereocenters. The van der Waals surface area contributed by atoms with E-state index in [-0.39, 0.29) is 5.91 Å². The van der Waals surface area contributed by atoms with Crippen molar-refractivity contribution >= 4 is 5.91 Å². The molecule has 0 atom stereocenters. The van der Waals surface area contributed by atoms with Crippen molar-refractivity contribution in [1.29, 1.82) is 0 Å². The highest BCUT2D eigenvalue weighted by atomic mass is 16.2. The summed E-state index contributed by atoms with van der Waals surface area (Å²) in [6, 6.07) is 8.23. The average molecular weight is 326 g/mol. The SMILES string of the molecule is CN(C(=O)c1ccc(Cn2cncn2)cc1)C1CCCCCCC1. The molecule has 1 aromatic heterocycles. The molecule has 3 rings (SSSR count). The lowest BCUT2D eigenvalue weighted by Crippen LogP contribution is -2.37. The molecule has 1 saturated carbocycles. The first kappa shape index (κ1) is 16.7. The predicted molar refractivity (Wildman–Crippen MR) is 93.8 cm³/mol. The van der Waals surface area contributed by atoms with Crippen LogP contribution in [0.25, 0.3) is 0 Å². The molecule has 1 fully saturated rings. The Morgan fingerprint density at radius 2 is 1.79 bits per heavy atom. The lowest BCUT2D eigenvalue weighted by molar-refractivity contribution is 0.0707. The van der Waals surface area contributed by atoms with Crippen LogP contribution in [0, 0.1) is 0 Å². The summed E-state index contributed by atoms with van der Waals surface area (Å²) in [6.45, 7) is 0.674. The molecular weight excluding hydrogens is 300 g/mol. The second kappa shape index (κ2) is 8.08. The van der Waals surface area contributed by atoms with Gasteiger partial charge in [-0.2, -0.15) is 5.10 Å². The number of hydrogen-bond acceptors (Lipinski definition) is 3. The van der Waals surface area contributed by atoms with Gasteiger partial charge < -0.3 is 4.90 Å². The molecule has 0 bridgehead atoms. The maximum Gasteiger partial charge on any atom is 0.253 e. The van der Waals surface area contributed by atoms with Crippen LogP contribution in [0.15, 0.2) is 36.9 Å². The Labute approximate surface area is 143 Å². The maximum absolute atomic E-state index is 12.8. The number of benzene rings is 1. The number of nitrogens with zero attached hydrogens (tertiary/aromatic N) is 4. The molecule has 5 heteroatoms. The van der Waals surface area contributed by atoms with Crippen molar-refractivity contribution in [2.75, 3.05) is 7.05 Å². The third-order valence-electron chi connectivity index (χ3n) is 4.95. The normalized spacial score (nSPS) is 16.4. The molecule has 0 aliphatic heterocycles. The van der Waals surface area contributed by atoms with Gasteiger partial charge in [0.15, 0.2) is 0 Å². The quantitative estimate of drug-likeness (QED) is 0.864. The van der Waals surface area contributed by atoms with E-state index in [2.05, 4.69) is 10.1 Å². The second-order valence-corrected chi connectivity index (χ2v) is 6.70. The fraction of sp³-hybridized carbons (Fsp3) is 0.526. The van der Waals surface area contributed by atoms with Gasteiger partial charge in [-0.15, -0.1) is 0 Å². The zero-order valence-electron chi connectivity index (χ0n) is 14.4. The minimum Gasteiger partial charge on any atom is -0.339 e. The number of amides is 1. The van der Waals surface area contributed by atoms with Gasteiger partial charge in [0.25, 0.3) is 5.91 Å². The third kappa shape index (κ3) is 4.22. The van der Waals surface area contributed by atoms with Crippen molar-refractivity contribution in [3.8, 4) is 0 Å². The Hall–Kier alpha value is -2.17. The van der Waals surface area contributed by atoms with E-state index in [9.17, 15) is 4.79 Å². The molecule has 128 valence electrons. The van der Waals surface area contributed by atoms with Gasteiger partial charge >= 0.3 is 0 Å². The molecule has 0 spiro atoms. The van der Waals surface area contributed by atoms with Gasteiger partial charge in [0.1, 0.15) is 12.7 Å². The van der Waals surface area contributed by atoms with E-state index in [0.717, 1.165) is 24.0 Å². The van der Waals surface area contributed by atoms with Gasteiger partial charge in [-0.1, -0.05) is 44.2 Å². The van der Waals surface area contributed by atoms with Crippen LogP contribution in [0.4, 0.5) is 0 Å². The summed E-state index contributed by atoms with van der Waals surface area (Å²) >= 11 is 0. The van der Waals surface area contributed by atoms with E-state index in [0.29, 0.717) is 12.6 Å². The zero-order valence-corrected chi connectivity index (χ0v) is 14.4. The summed E-state index contributed by atoms with van der Waals surface area (Å²) in [7, 11) is 1.96. The smallest absolute Gasteiger partial charge is 0.253 e. The standard InChI is InChI=1S/C19H26N4O/c1-22(18-7-5-3-2-4-6-8-18)19(24)17-11-9-16(10-12-17)13-23-15-20-14-21-23/h9-12,14-15,18H,2-8,13H2,1H3. The highest BCUT2D eigenvalue weighted by molar-refractivity contribution is 5.94. The largest absolute Gasteiger partial charge is 0.339 e. The van der Waals surface area contributed by atoms with Crippen molar-refractivity contribution in [2.45, 2.75) is 57.5 Å². The van der Waals surface area contributed by atoms with Crippen LogP contribution in [-0.4, -0.2) is 38.7 Å². The first-order valence-electron chi connectivity index (χ1n) is 8.92. The number of carbonyl (C=O) groups is 1. The van der Waals surface area contributed by atoms with Crippen LogP contribution in [0.5, 0.6) is 0 Å². The van der Waals surface area contributed by atoms with Gasteiger partial charge in [0, 0.05) is 18.7 Å². The molecule has 1 aliphatic carbocycles. The predicted octanol–water partition coefficient (Wildman–Crippen LogP) is 3.51. The lowest BCUT2D eigenvalue weighted by Gasteiger charge is -2.30. The zero-order chi connectivity index (χ0) is 16.8. The first-order valence-corrected chi connectivity index (χ1v) is 8.92. The Kier molecular flexibility index (Phi) is 5.62. The molecule has 24 heavy (non-hydrogen) atoms. The number of carbonyl (C=O) groups excluding carboxylic acids is 1. The summed E-state index contributed by atoms with van der Waals surface area (Å²) in [5.41, 5.74) is 1.88. The summed E-state index contributed by atoms with van der Waals surface area (Å²) in [4.78, 5) is 18.7. The Balaban J connectivity index is 1.63. The first-order chi connectivity index (χ1) is 11.7. The molecule has 5 nitrogen and oxygen atoms in total. The van der Waals surface area contributed by atoms with Crippen LogP contribution in [0.1, 0.15) is 60.9 Å². The van der Waals surface area contributed by atoms with Gasteiger partial charge in [0.2, 0.25) is 0 Å². The molecular formula is C19H26N4O. The fourth-order valence-corrected chi connectivity index (χ4v) is 3.45. The summed E-state index contributed by atoms with van der Waals surface area (Å²) in [5, 5.41) is 4.11. The highest BCUT2D eigenvalue weighted by Crippen LogP contribution is 2.22. The van der Waals surface area contributed by atoms with Gasteiger partial charge in [-0.3, -0.25) is 4.79 Å². The van der Waals surface area contributed by atoms with Crippen LogP contribution in [0.2, 0.25) is 0 Å². The van der Waals surface area contributed by atoms with E-state index in [1.165, 1.54) is 38.4 Å². The Morgan fingerprint density at radius 1 is 1.12 bits per heavy atom. The molecule has 0 N–H and O–H groups in total. The summed E-state index contributed by atoms with van der Waals surface area (Å²) < 4.78 is 1.78. The molecule has 1 amide bonds. The van der Waals surface area contributed by atoms with Crippen LogP contribution >= 0.6 is 0 Å². The molecule has 1 aliphatic rings. The average Bonchev–Trinajstić information content (AvgIpc) is 3.07. The summed E-state index contributed by atoms with van der Waals surface area (Å²) in [5.74, 6) is 0.132. The molecule has 0 radical (unpaired) electrons. The van der Waals surface area contributed by atoms with Gasteiger partial charge in [0.05, 0.1) is 6.54 Å². The van der Waals surface area contributed by atoms with Crippen molar-refractivity contribution in [3.05, 3.63) is 48.0 Å². The van der Waals surface area contributed by atoms with E-state index < -0.39 is 0 Å². The van der Waals surface area contributed by atoms with Crippen molar-refractivity contribution in [2.24, 2.45) is 0 Å². The van der Waals surface area contributed by atoms with Gasteiger partial charge in [-0.25, -0.2) is 9.67 Å². The Morgan fingerprint density at radius 3 is 2.42 bits per heavy atom. The molecule has 2 aromatic rings. The van der Waals surface area contributed by atoms with E-state index in [1.807, 2.05) is 36.2 Å². The maximum atomic E-state index is 12.8. The van der Waals surface area contributed by atoms with E-state index >= 15 is 0 Å². The monoisotopic (exact) mass is 326 g/mol. The lowest BCUT2D eigenvalue weighted by atomic mass is 9.95. The second-order valence-electron chi connectivity index (χ2n) is 6.70. The van der Waals surface area contributed by atoms with Crippen LogP contribution in [0.3, 0.4) is 0 Å². The van der Waals surface area contributed by atoms with Crippen molar-refractivity contribution in [1.82, 2.24) is 19.7 Å². The van der Waals surface area contributed by atoms with Gasteiger partial charge in [-0.05, 0) is 30.5 Å². The number of rotatable bonds is 4. The number of hydrogen-bond donors (Lipinski definition) is 0. The highest BCUT2D eigenvalue weighted by Gasteiger charge is 2.21. The number of aromatic nitrogens is 3. The van der Waals surface area contributed by atoms with Crippen LogP contribution in [-0.2, 0) is 6.54 Å². The van der Waals surface area contributed by atoms with Crippen LogP contribution < -0.4 is 0 Å². The minimum absolute atomic E-state index is 0.132. The van der Waals surface area contributed by atoms with E-state index in [4.69, 9.17) is 0 Å². The van der Waals surface area contributed by atoms with E-state index in [1.54, 1.807) is 11.0 Å². The Bertz CT molecular complexity index is 628. The molecule has 1 heterocycles. The van der Waals surface area contributed by atoms with Crippen molar-refractivity contribution < 1.29 is 4.79 Å². The topological polar surface area (TPSA) is 51.0 Å². The fourth-order valence-electron chi connectivity index (χ4n) is 3.45. The minimum atomic E-state index is 0.132. The molecule has 0 saturated heterocycles. The van der Waals surface area contributed by atoms with Crippen molar-refractivity contribution in [3.63, 3.8) is 0 Å².